The van der Waals surface area contributed by atoms with Crippen LogP contribution in [0.2, 0.25) is 0 Å². The minimum Gasteiger partial charge on any atom is -0.381 e. The van der Waals surface area contributed by atoms with Crippen molar-refractivity contribution in [1.82, 2.24) is 5.32 Å². The Labute approximate surface area is 177 Å². The third kappa shape index (κ3) is 12.8. The number of methoxy groups -OCH3 is 1. The largest absolute Gasteiger partial charge is 0.381 e. The summed E-state index contributed by atoms with van der Waals surface area (Å²) >= 11 is 0. The first-order valence-electron chi connectivity index (χ1n) is 11.0. The molecule has 0 spiro atoms. The van der Waals surface area contributed by atoms with Gasteiger partial charge in [0, 0.05) is 31.5 Å². The van der Waals surface area contributed by atoms with Gasteiger partial charge in [0.2, 0.25) is 0 Å². The van der Waals surface area contributed by atoms with Gasteiger partial charge in [-0.05, 0) is 18.1 Å². The molecule has 0 amide bonds. The van der Waals surface area contributed by atoms with Gasteiger partial charge in [-0.25, -0.2) is 0 Å². The van der Waals surface area contributed by atoms with Crippen LogP contribution in [0.15, 0.2) is 48.2 Å². The molecule has 0 radical (unpaired) electrons. The molecule has 1 aromatic carbocycles. The summed E-state index contributed by atoms with van der Waals surface area (Å²) in [5, 5.41) is 13.8. The Bertz CT molecular complexity index is 589. The Morgan fingerprint density at radius 2 is 1.66 bits per heavy atom. The highest BCUT2D eigenvalue weighted by Gasteiger charge is 2.07. The molecule has 1 aliphatic rings. The van der Waals surface area contributed by atoms with Crippen molar-refractivity contribution in [3.05, 3.63) is 63.9 Å². The quantitative estimate of drug-likeness (QED) is 0.261. The summed E-state index contributed by atoms with van der Waals surface area (Å²) < 4.78 is 5.21. The van der Waals surface area contributed by atoms with Crippen LogP contribution in [0.1, 0.15) is 78.2 Å². The average molecular weight is 405 g/mol. The van der Waals surface area contributed by atoms with E-state index in [4.69, 9.17) is 4.74 Å². The number of nitro benzene ring substituents is 1. The first-order chi connectivity index (χ1) is 14.1. The summed E-state index contributed by atoms with van der Waals surface area (Å²) in [6, 6.07) is 6.55. The number of hydrogen-bond donors (Lipinski definition) is 1. The Balaban J connectivity index is 0.000000664. The van der Waals surface area contributed by atoms with Gasteiger partial charge in [0.25, 0.3) is 5.69 Å². The van der Waals surface area contributed by atoms with Crippen LogP contribution in [-0.4, -0.2) is 18.1 Å². The minimum absolute atomic E-state index is 0.114. The standard InChI is InChI=1S/C14H16N2O3.C8H18.C2H6/c1-19-14-8-4-12(5-9-14)15-10-11-2-6-13(7-3-11)16(17)18;1-3-5-7-8-6-4-2;1-2/h2-8,14-15H,9-10H2,1H3;3-8H2,1-2H3;1-2H3. The van der Waals surface area contributed by atoms with Crippen LogP contribution in [0.3, 0.4) is 0 Å². The highest BCUT2D eigenvalue weighted by Crippen LogP contribution is 2.14. The Morgan fingerprint density at radius 3 is 2.07 bits per heavy atom. The van der Waals surface area contributed by atoms with Crippen molar-refractivity contribution in [3.63, 3.8) is 0 Å². The fraction of sp³-hybridized carbons (Fsp3) is 0.583. The number of nitro groups is 1. The number of nitrogens with one attached hydrogen (secondary N) is 1. The van der Waals surface area contributed by atoms with E-state index >= 15 is 0 Å². The fourth-order valence-corrected chi connectivity index (χ4v) is 2.70. The SMILES string of the molecule is CC.CCCCCCCC.COC1C=CC(NCc2ccc([N+](=O)[O-])cc2)=CC1. The van der Waals surface area contributed by atoms with Gasteiger partial charge in [-0.1, -0.05) is 90.5 Å². The van der Waals surface area contributed by atoms with Crippen molar-refractivity contribution < 1.29 is 9.66 Å². The molecule has 1 aliphatic carbocycles. The van der Waals surface area contributed by atoms with Crippen molar-refractivity contribution in [3.8, 4) is 0 Å². The van der Waals surface area contributed by atoms with Crippen molar-refractivity contribution in [2.24, 2.45) is 0 Å². The number of hydrogen-bond acceptors (Lipinski definition) is 4. The van der Waals surface area contributed by atoms with Gasteiger partial charge in [0.15, 0.2) is 0 Å². The molecule has 5 heteroatoms. The monoisotopic (exact) mass is 404 g/mol. The molecule has 5 nitrogen and oxygen atoms in total. The Morgan fingerprint density at radius 1 is 1.07 bits per heavy atom. The normalized spacial score (nSPS) is 14.7. The number of allylic oxidation sites excluding steroid dienone is 1. The third-order valence-electron chi connectivity index (χ3n) is 4.46. The van der Waals surface area contributed by atoms with Gasteiger partial charge in [-0.15, -0.1) is 0 Å². The van der Waals surface area contributed by atoms with E-state index in [2.05, 4.69) is 25.2 Å². The zero-order valence-corrected chi connectivity index (χ0v) is 18.9. The number of non-ortho nitro benzene ring substituents is 1. The average Bonchev–Trinajstić information content (AvgIpc) is 2.78. The van der Waals surface area contributed by atoms with Gasteiger partial charge >= 0.3 is 0 Å². The number of unbranched alkanes of at least 4 members (excludes halogenated alkanes) is 5. The van der Waals surface area contributed by atoms with Gasteiger partial charge in [0.1, 0.15) is 0 Å². The van der Waals surface area contributed by atoms with Gasteiger partial charge < -0.3 is 10.1 Å². The van der Waals surface area contributed by atoms with Gasteiger partial charge in [-0.2, -0.15) is 0 Å². The van der Waals surface area contributed by atoms with E-state index < -0.39 is 4.92 Å². The maximum absolute atomic E-state index is 10.5. The molecule has 0 saturated carbocycles. The molecule has 0 fully saturated rings. The lowest BCUT2D eigenvalue weighted by Crippen LogP contribution is -2.16. The lowest BCUT2D eigenvalue weighted by molar-refractivity contribution is -0.384. The Kier molecular flexibility index (Phi) is 16.6. The molecule has 1 atom stereocenters. The van der Waals surface area contributed by atoms with Crippen molar-refractivity contribution in [2.75, 3.05) is 7.11 Å². The van der Waals surface area contributed by atoms with Crippen LogP contribution in [0.5, 0.6) is 0 Å². The van der Waals surface area contributed by atoms with Gasteiger partial charge in [0.05, 0.1) is 11.0 Å². The maximum atomic E-state index is 10.5. The van der Waals surface area contributed by atoms with Crippen LogP contribution in [-0.2, 0) is 11.3 Å². The number of rotatable bonds is 10. The topological polar surface area (TPSA) is 64.4 Å². The summed E-state index contributed by atoms with van der Waals surface area (Å²) in [6.07, 6.45) is 15.6. The van der Waals surface area contributed by atoms with Crippen LogP contribution in [0.4, 0.5) is 5.69 Å². The van der Waals surface area contributed by atoms with E-state index in [0.717, 1.165) is 17.7 Å². The molecule has 2 rings (SSSR count). The zero-order valence-electron chi connectivity index (χ0n) is 18.9. The van der Waals surface area contributed by atoms with Crippen LogP contribution < -0.4 is 5.32 Å². The van der Waals surface area contributed by atoms with Crippen molar-refractivity contribution >= 4 is 5.69 Å². The summed E-state index contributed by atoms with van der Waals surface area (Å²) in [5.74, 6) is 0. The highest BCUT2D eigenvalue weighted by molar-refractivity contribution is 5.33. The predicted molar refractivity (Wildman–Crippen MR) is 123 cm³/mol. The van der Waals surface area contributed by atoms with Crippen LogP contribution in [0, 0.1) is 10.1 Å². The Hall–Kier alpha value is -2.14. The number of nitrogens with zero attached hydrogens (tertiary/aromatic N) is 1. The molecule has 0 saturated heterocycles. The van der Waals surface area contributed by atoms with E-state index in [1.54, 1.807) is 19.2 Å². The molecule has 0 aromatic heterocycles. The van der Waals surface area contributed by atoms with E-state index in [-0.39, 0.29) is 11.8 Å². The number of ether oxygens (including phenoxy) is 1. The second-order valence-corrected chi connectivity index (χ2v) is 6.72. The zero-order chi connectivity index (χ0) is 21.9. The molecular weight excluding hydrogens is 364 g/mol. The second-order valence-electron chi connectivity index (χ2n) is 6.72. The van der Waals surface area contributed by atoms with Gasteiger partial charge in [-0.3, -0.25) is 10.1 Å². The van der Waals surface area contributed by atoms with Crippen LogP contribution in [0.25, 0.3) is 0 Å². The van der Waals surface area contributed by atoms with Crippen molar-refractivity contribution in [1.29, 1.82) is 0 Å². The molecule has 0 heterocycles. The third-order valence-corrected chi connectivity index (χ3v) is 4.46. The predicted octanol–water partition coefficient (Wildman–Crippen LogP) is 6.94. The van der Waals surface area contributed by atoms with E-state index in [9.17, 15) is 10.1 Å². The van der Waals surface area contributed by atoms with E-state index in [1.165, 1.54) is 50.7 Å². The fourth-order valence-electron chi connectivity index (χ4n) is 2.70. The second kappa shape index (κ2) is 17.9. The summed E-state index contributed by atoms with van der Waals surface area (Å²) in [7, 11) is 1.69. The molecule has 29 heavy (non-hydrogen) atoms. The van der Waals surface area contributed by atoms with Crippen LogP contribution >= 0.6 is 0 Å². The van der Waals surface area contributed by atoms with E-state index in [1.807, 2.05) is 26.0 Å². The molecule has 1 N–H and O–H groups in total. The van der Waals surface area contributed by atoms with E-state index in [0.29, 0.717) is 6.54 Å². The molecular formula is C24H40N2O3. The molecule has 0 bridgehead atoms. The lowest BCUT2D eigenvalue weighted by atomic mass is 10.1. The molecule has 164 valence electrons. The number of benzene rings is 1. The summed E-state index contributed by atoms with van der Waals surface area (Å²) in [5.41, 5.74) is 2.17. The molecule has 1 unspecified atom stereocenters. The molecule has 0 aliphatic heterocycles. The summed E-state index contributed by atoms with van der Waals surface area (Å²) in [4.78, 5) is 10.1. The molecule has 1 aromatic rings. The van der Waals surface area contributed by atoms with Crippen molar-refractivity contribution in [2.45, 2.75) is 85.3 Å². The highest BCUT2D eigenvalue weighted by atomic mass is 16.6. The summed E-state index contributed by atoms with van der Waals surface area (Å²) in [6.45, 7) is 9.16. The first-order valence-corrected chi connectivity index (χ1v) is 11.0. The lowest BCUT2D eigenvalue weighted by Gasteiger charge is -2.15. The maximum Gasteiger partial charge on any atom is 0.269 e. The first kappa shape index (κ1) is 26.9. The smallest absolute Gasteiger partial charge is 0.269 e. The minimum atomic E-state index is -0.394.